The second-order valence-electron chi connectivity index (χ2n) is 7.75. The van der Waals surface area contributed by atoms with Crippen LogP contribution in [0, 0.1) is 0 Å². The highest BCUT2D eigenvalue weighted by Gasteiger charge is 2.51. The lowest BCUT2D eigenvalue weighted by Gasteiger charge is -2.49. The van der Waals surface area contributed by atoms with E-state index in [1.807, 2.05) is 18.2 Å². The highest BCUT2D eigenvalue weighted by atomic mass is 35.5. The summed E-state index contributed by atoms with van der Waals surface area (Å²) >= 11 is 12.9. The molecule has 0 saturated heterocycles. The summed E-state index contributed by atoms with van der Waals surface area (Å²) in [7, 11) is 1.68. The molecule has 6 heteroatoms. The van der Waals surface area contributed by atoms with E-state index in [1.165, 1.54) is 6.42 Å². The minimum Gasteiger partial charge on any atom is -0.497 e. The molecular weight excluding hydrogens is 395 g/mol. The van der Waals surface area contributed by atoms with Crippen LogP contribution < -0.4 is 9.47 Å². The second-order valence-corrected chi connectivity index (χ2v) is 8.60. The van der Waals surface area contributed by atoms with Gasteiger partial charge in [0, 0.05) is 29.8 Å². The predicted molar refractivity (Wildman–Crippen MR) is 112 cm³/mol. The fraction of sp³-hybridized carbons (Fsp3) is 0.409. The Bertz CT molecular complexity index is 936. The number of ether oxygens (including phenoxy) is 2. The van der Waals surface area contributed by atoms with E-state index in [2.05, 4.69) is 17.1 Å². The molecule has 5 rings (SSSR count). The number of halogens is 2. The number of hydrogen-bond donors (Lipinski definition) is 0. The molecule has 3 aliphatic rings. The fourth-order valence-electron chi connectivity index (χ4n) is 4.69. The molecule has 1 aliphatic carbocycles. The molecule has 4 nitrogen and oxygen atoms in total. The molecule has 0 amide bonds. The first-order valence-corrected chi connectivity index (χ1v) is 10.5. The van der Waals surface area contributed by atoms with Gasteiger partial charge in [0.1, 0.15) is 11.5 Å². The van der Waals surface area contributed by atoms with Gasteiger partial charge < -0.3 is 9.47 Å². The minimum absolute atomic E-state index is 0.0927. The molecule has 0 unspecified atom stereocenters. The fourth-order valence-corrected chi connectivity index (χ4v) is 5.24. The zero-order valence-electron chi connectivity index (χ0n) is 15.8. The van der Waals surface area contributed by atoms with Gasteiger partial charge >= 0.3 is 0 Å². The SMILES string of the molecule is COc1ccc(C2=NN3[C@@H](C2)c2cc(Cl)cc(Cl)c2OC32CCCCC2)cc1. The van der Waals surface area contributed by atoms with Crippen molar-refractivity contribution in [3.8, 4) is 11.5 Å². The van der Waals surface area contributed by atoms with Crippen LogP contribution in [0.3, 0.4) is 0 Å². The molecule has 1 spiro atoms. The summed E-state index contributed by atoms with van der Waals surface area (Å²) in [6.07, 6.45) is 6.23. The average molecular weight is 417 g/mol. The van der Waals surface area contributed by atoms with Crippen LogP contribution in [0.15, 0.2) is 41.5 Å². The van der Waals surface area contributed by atoms with E-state index in [4.69, 9.17) is 37.8 Å². The van der Waals surface area contributed by atoms with Gasteiger partial charge in [0.15, 0.2) is 5.72 Å². The van der Waals surface area contributed by atoms with Crippen LogP contribution in [0.4, 0.5) is 0 Å². The average Bonchev–Trinajstić information content (AvgIpc) is 3.17. The number of hydrazone groups is 1. The zero-order chi connectivity index (χ0) is 19.3. The maximum absolute atomic E-state index is 6.59. The summed E-state index contributed by atoms with van der Waals surface area (Å²) in [6, 6.07) is 11.9. The van der Waals surface area contributed by atoms with E-state index < -0.39 is 5.72 Å². The molecule has 0 bridgehead atoms. The number of hydrogen-bond acceptors (Lipinski definition) is 4. The predicted octanol–water partition coefficient (Wildman–Crippen LogP) is 6.21. The maximum Gasteiger partial charge on any atom is 0.198 e. The maximum atomic E-state index is 6.59. The summed E-state index contributed by atoms with van der Waals surface area (Å²) in [6.45, 7) is 0. The molecule has 1 fully saturated rings. The van der Waals surface area contributed by atoms with Crippen molar-refractivity contribution in [2.45, 2.75) is 50.3 Å². The number of benzene rings is 2. The Labute approximate surface area is 175 Å². The third kappa shape index (κ3) is 2.85. The van der Waals surface area contributed by atoms with E-state index in [0.29, 0.717) is 10.0 Å². The van der Waals surface area contributed by atoms with Gasteiger partial charge in [-0.15, -0.1) is 0 Å². The van der Waals surface area contributed by atoms with Crippen LogP contribution in [0.1, 0.15) is 55.7 Å². The second kappa shape index (κ2) is 6.85. The Morgan fingerprint density at radius 1 is 1.11 bits per heavy atom. The summed E-state index contributed by atoms with van der Waals surface area (Å²) in [5.74, 6) is 1.62. The third-order valence-electron chi connectivity index (χ3n) is 6.07. The molecular formula is C22H22Cl2N2O2. The number of fused-ring (bicyclic) bond motifs is 4. The molecule has 2 aliphatic heterocycles. The lowest BCUT2D eigenvalue weighted by atomic mass is 9.86. The van der Waals surface area contributed by atoms with Gasteiger partial charge in [0.25, 0.3) is 0 Å². The molecule has 2 aromatic rings. The smallest absolute Gasteiger partial charge is 0.198 e. The first-order valence-electron chi connectivity index (χ1n) is 9.79. The van der Waals surface area contributed by atoms with Gasteiger partial charge in [-0.25, -0.2) is 5.01 Å². The van der Waals surface area contributed by atoms with Crippen molar-refractivity contribution in [3.05, 3.63) is 57.6 Å². The topological polar surface area (TPSA) is 34.1 Å². The monoisotopic (exact) mass is 416 g/mol. The third-order valence-corrected chi connectivity index (χ3v) is 6.57. The Balaban J connectivity index is 1.59. The van der Waals surface area contributed by atoms with E-state index in [1.54, 1.807) is 13.2 Å². The van der Waals surface area contributed by atoms with Crippen molar-refractivity contribution in [1.29, 1.82) is 0 Å². The van der Waals surface area contributed by atoms with E-state index >= 15 is 0 Å². The van der Waals surface area contributed by atoms with E-state index in [0.717, 1.165) is 60.4 Å². The van der Waals surface area contributed by atoms with Crippen LogP contribution in [-0.4, -0.2) is 23.6 Å². The van der Waals surface area contributed by atoms with Crippen LogP contribution in [0.5, 0.6) is 11.5 Å². The van der Waals surface area contributed by atoms with Gasteiger partial charge in [0.05, 0.1) is 23.9 Å². The molecule has 0 radical (unpaired) electrons. The lowest BCUT2D eigenvalue weighted by Crippen LogP contribution is -2.54. The van der Waals surface area contributed by atoms with Gasteiger partial charge in [-0.3, -0.25) is 0 Å². The molecule has 2 aromatic carbocycles. The summed E-state index contributed by atoms with van der Waals surface area (Å²) in [5.41, 5.74) is 2.78. The van der Waals surface area contributed by atoms with Crippen molar-refractivity contribution < 1.29 is 9.47 Å². The van der Waals surface area contributed by atoms with Crippen molar-refractivity contribution in [2.75, 3.05) is 7.11 Å². The molecule has 0 N–H and O–H groups in total. The van der Waals surface area contributed by atoms with Crippen LogP contribution in [-0.2, 0) is 0 Å². The number of nitrogens with zero attached hydrogens (tertiary/aromatic N) is 2. The highest BCUT2D eigenvalue weighted by Crippen LogP contribution is 2.53. The normalized spacial score (nSPS) is 22.3. The first-order chi connectivity index (χ1) is 13.6. The molecule has 2 heterocycles. The lowest BCUT2D eigenvalue weighted by molar-refractivity contribution is -0.140. The Kier molecular flexibility index (Phi) is 4.44. The number of rotatable bonds is 2. The highest BCUT2D eigenvalue weighted by molar-refractivity contribution is 6.35. The molecule has 146 valence electrons. The Morgan fingerprint density at radius 3 is 2.57 bits per heavy atom. The summed E-state index contributed by atoms with van der Waals surface area (Å²) in [5, 5.41) is 8.48. The quantitative estimate of drug-likeness (QED) is 0.583. The molecule has 0 aromatic heterocycles. The standard InChI is InChI=1S/C22H22Cl2N2O2/c1-27-16-7-5-14(6-8-16)19-13-20-17-11-15(23)12-18(24)21(17)28-22(26(20)25-19)9-3-2-4-10-22/h5-8,11-12,20H,2-4,9-10,13H2,1H3/t20-/m0/s1. The summed E-state index contributed by atoms with van der Waals surface area (Å²) in [4.78, 5) is 0. The van der Waals surface area contributed by atoms with Crippen LogP contribution in [0.2, 0.25) is 10.0 Å². The van der Waals surface area contributed by atoms with Gasteiger partial charge in [0.2, 0.25) is 0 Å². The van der Waals surface area contributed by atoms with E-state index in [9.17, 15) is 0 Å². The van der Waals surface area contributed by atoms with Gasteiger partial charge in [-0.05, 0) is 54.8 Å². The van der Waals surface area contributed by atoms with Crippen molar-refractivity contribution in [2.24, 2.45) is 5.10 Å². The first kappa shape index (κ1) is 18.1. The largest absolute Gasteiger partial charge is 0.497 e. The van der Waals surface area contributed by atoms with Crippen molar-refractivity contribution in [3.63, 3.8) is 0 Å². The van der Waals surface area contributed by atoms with E-state index in [-0.39, 0.29) is 6.04 Å². The Hall–Kier alpha value is -1.91. The van der Waals surface area contributed by atoms with Crippen molar-refractivity contribution >= 4 is 28.9 Å². The zero-order valence-corrected chi connectivity index (χ0v) is 17.3. The van der Waals surface area contributed by atoms with Gasteiger partial charge in [-0.1, -0.05) is 29.6 Å². The Morgan fingerprint density at radius 2 is 1.86 bits per heavy atom. The molecule has 1 atom stereocenters. The van der Waals surface area contributed by atoms with Crippen LogP contribution in [0.25, 0.3) is 0 Å². The molecule has 28 heavy (non-hydrogen) atoms. The van der Waals surface area contributed by atoms with Crippen LogP contribution >= 0.6 is 23.2 Å². The minimum atomic E-state index is -0.415. The molecule has 1 saturated carbocycles. The van der Waals surface area contributed by atoms with Crippen molar-refractivity contribution in [1.82, 2.24) is 5.01 Å². The number of methoxy groups -OCH3 is 1. The summed E-state index contributed by atoms with van der Waals surface area (Å²) < 4.78 is 11.9. The van der Waals surface area contributed by atoms with Gasteiger partial charge in [-0.2, -0.15) is 5.10 Å².